The molecule has 0 spiro atoms. The lowest BCUT2D eigenvalue weighted by Gasteiger charge is -2.36. The van der Waals surface area contributed by atoms with E-state index in [9.17, 15) is 9.59 Å². The van der Waals surface area contributed by atoms with E-state index in [1.807, 2.05) is 35.2 Å². The summed E-state index contributed by atoms with van der Waals surface area (Å²) in [6, 6.07) is 29.7. The average Bonchev–Trinajstić information content (AvgIpc) is 3.08. The third-order valence-corrected chi connectivity index (χ3v) is 8.07. The van der Waals surface area contributed by atoms with Crippen LogP contribution in [-0.4, -0.2) is 78.2 Å². The number of carbonyl (C=O) groups excluding carboxylic acids is 2. The number of amides is 2. The minimum absolute atomic E-state index is 0.0369. The molecule has 3 aromatic carbocycles. The maximum atomic E-state index is 13.4. The number of anilines is 1. The Morgan fingerprint density at radius 1 is 0.814 bits per heavy atom. The van der Waals surface area contributed by atoms with Crippen LogP contribution in [-0.2, 0) is 4.79 Å². The molecule has 1 atom stereocenters. The Kier molecular flexibility index (Phi) is 9.66. The van der Waals surface area contributed by atoms with Crippen LogP contribution in [0.2, 0.25) is 0 Å². The molecule has 43 heavy (non-hydrogen) atoms. The molecule has 8 heteroatoms. The number of ether oxygens (including phenoxy) is 1. The van der Waals surface area contributed by atoms with Crippen molar-refractivity contribution in [3.05, 3.63) is 96.6 Å². The number of hydrogen-bond acceptors (Lipinski definition) is 6. The summed E-state index contributed by atoms with van der Waals surface area (Å²) in [5.74, 6) is 1.60. The van der Waals surface area contributed by atoms with Gasteiger partial charge in [-0.05, 0) is 53.4 Å². The second-order valence-corrected chi connectivity index (χ2v) is 11.0. The second kappa shape index (κ2) is 14.0. The number of carbonyl (C=O) groups is 2. The smallest absolute Gasteiger partial charge is 0.254 e. The summed E-state index contributed by atoms with van der Waals surface area (Å²) in [6.07, 6.45) is 0.929. The quantitative estimate of drug-likeness (QED) is 0.242. The lowest BCUT2D eigenvalue weighted by atomic mass is 10.0. The molecule has 2 heterocycles. The first-order chi connectivity index (χ1) is 20.9. The number of nitrogens with zero attached hydrogens (tertiary/aromatic N) is 5. The van der Waals surface area contributed by atoms with Crippen LogP contribution in [0.5, 0.6) is 5.75 Å². The summed E-state index contributed by atoms with van der Waals surface area (Å²) < 4.78 is 5.22. The van der Waals surface area contributed by atoms with Crippen molar-refractivity contribution in [3.8, 4) is 28.1 Å². The molecule has 2 amide bonds. The normalized spacial score (nSPS) is 13.8. The van der Waals surface area contributed by atoms with Gasteiger partial charge in [-0.3, -0.25) is 9.59 Å². The summed E-state index contributed by atoms with van der Waals surface area (Å²) >= 11 is 0. The molecular weight excluding hydrogens is 538 g/mol. The fourth-order valence-corrected chi connectivity index (χ4v) is 5.20. The predicted molar refractivity (Wildman–Crippen MR) is 170 cm³/mol. The van der Waals surface area contributed by atoms with Gasteiger partial charge in [0, 0.05) is 43.9 Å². The van der Waals surface area contributed by atoms with E-state index >= 15 is 0 Å². The van der Waals surface area contributed by atoms with E-state index in [1.54, 1.807) is 36.3 Å². The standard InChI is InChI=1S/C35H39N5O3/c1-4-26(2)24-40(35(42)30-14-16-31(43-3)17-15-30)25-34(41)39-22-20-38(21-23-39)33-19-18-32(36-37-33)29-12-10-28(11-13-29)27-8-6-5-7-9-27/h5-19,26H,4,20-25H2,1-3H3/t26-/m1/s1. The highest BCUT2D eigenvalue weighted by Gasteiger charge is 2.26. The van der Waals surface area contributed by atoms with Crippen LogP contribution < -0.4 is 9.64 Å². The van der Waals surface area contributed by atoms with Gasteiger partial charge in [-0.25, -0.2) is 0 Å². The zero-order valence-corrected chi connectivity index (χ0v) is 25.1. The summed E-state index contributed by atoms with van der Waals surface area (Å²) in [4.78, 5) is 32.4. The number of aromatic nitrogens is 2. The van der Waals surface area contributed by atoms with Gasteiger partial charge in [0.05, 0.1) is 12.8 Å². The molecule has 0 N–H and O–H groups in total. The Labute approximate surface area is 253 Å². The number of benzene rings is 3. The lowest BCUT2D eigenvalue weighted by Crippen LogP contribution is -2.52. The van der Waals surface area contributed by atoms with E-state index in [1.165, 1.54) is 5.56 Å². The Balaban J connectivity index is 1.17. The van der Waals surface area contributed by atoms with Crippen LogP contribution in [0.1, 0.15) is 30.6 Å². The highest BCUT2D eigenvalue weighted by Crippen LogP contribution is 2.24. The maximum Gasteiger partial charge on any atom is 0.254 e. The average molecular weight is 578 g/mol. The topological polar surface area (TPSA) is 78.9 Å². The van der Waals surface area contributed by atoms with Crippen molar-refractivity contribution >= 4 is 17.6 Å². The van der Waals surface area contributed by atoms with E-state index in [4.69, 9.17) is 4.74 Å². The van der Waals surface area contributed by atoms with E-state index in [0.717, 1.165) is 29.1 Å². The highest BCUT2D eigenvalue weighted by atomic mass is 16.5. The van der Waals surface area contributed by atoms with E-state index < -0.39 is 0 Å². The van der Waals surface area contributed by atoms with E-state index in [-0.39, 0.29) is 24.3 Å². The molecule has 0 saturated carbocycles. The van der Waals surface area contributed by atoms with Gasteiger partial charge in [0.1, 0.15) is 12.3 Å². The molecule has 5 rings (SSSR count). The minimum atomic E-state index is -0.139. The fraction of sp³-hybridized carbons (Fsp3) is 0.314. The predicted octanol–water partition coefficient (Wildman–Crippen LogP) is 5.66. The number of hydrogen-bond donors (Lipinski definition) is 0. The first-order valence-corrected chi connectivity index (χ1v) is 14.9. The molecule has 8 nitrogen and oxygen atoms in total. The van der Waals surface area contributed by atoms with Gasteiger partial charge in [0.15, 0.2) is 5.82 Å². The van der Waals surface area contributed by atoms with Crippen molar-refractivity contribution < 1.29 is 14.3 Å². The number of rotatable bonds is 10. The molecule has 4 aromatic rings. The van der Waals surface area contributed by atoms with Crippen molar-refractivity contribution in [3.63, 3.8) is 0 Å². The molecule has 1 aliphatic heterocycles. The zero-order chi connectivity index (χ0) is 30.2. The molecule has 1 saturated heterocycles. The molecule has 0 aliphatic carbocycles. The fourth-order valence-electron chi connectivity index (χ4n) is 5.20. The Morgan fingerprint density at radius 3 is 2.07 bits per heavy atom. The summed E-state index contributed by atoms with van der Waals surface area (Å²) in [7, 11) is 1.60. The zero-order valence-electron chi connectivity index (χ0n) is 25.1. The minimum Gasteiger partial charge on any atom is -0.497 e. The molecule has 0 unspecified atom stereocenters. The summed E-state index contributed by atoms with van der Waals surface area (Å²) in [5, 5.41) is 8.99. The van der Waals surface area contributed by atoms with Crippen molar-refractivity contribution in [1.82, 2.24) is 20.0 Å². The molecule has 222 valence electrons. The Hall–Kier alpha value is -4.72. The van der Waals surface area contributed by atoms with Gasteiger partial charge in [0.25, 0.3) is 5.91 Å². The van der Waals surface area contributed by atoms with Crippen molar-refractivity contribution in [2.45, 2.75) is 20.3 Å². The third kappa shape index (κ3) is 7.38. The van der Waals surface area contributed by atoms with Gasteiger partial charge < -0.3 is 19.4 Å². The Morgan fingerprint density at radius 2 is 1.47 bits per heavy atom. The SMILES string of the molecule is CC[C@@H](C)CN(CC(=O)N1CCN(c2ccc(-c3ccc(-c4ccccc4)cc3)nn2)CC1)C(=O)c1ccc(OC)cc1. The molecular formula is C35H39N5O3. The van der Waals surface area contributed by atoms with Gasteiger partial charge in [0.2, 0.25) is 5.91 Å². The van der Waals surface area contributed by atoms with E-state index in [0.29, 0.717) is 44.0 Å². The van der Waals surface area contributed by atoms with Gasteiger partial charge >= 0.3 is 0 Å². The van der Waals surface area contributed by atoms with Crippen LogP contribution in [0.15, 0.2) is 91.0 Å². The molecule has 0 radical (unpaired) electrons. The van der Waals surface area contributed by atoms with Gasteiger partial charge in [-0.15, -0.1) is 10.2 Å². The van der Waals surface area contributed by atoms with Crippen LogP contribution in [0, 0.1) is 5.92 Å². The first kappa shape index (κ1) is 29.8. The van der Waals surface area contributed by atoms with Crippen LogP contribution >= 0.6 is 0 Å². The second-order valence-electron chi connectivity index (χ2n) is 11.0. The van der Waals surface area contributed by atoms with Crippen LogP contribution in [0.4, 0.5) is 5.82 Å². The van der Waals surface area contributed by atoms with Crippen molar-refractivity contribution in [2.75, 3.05) is 51.3 Å². The number of methoxy groups -OCH3 is 1. The maximum absolute atomic E-state index is 13.4. The highest BCUT2D eigenvalue weighted by molar-refractivity contribution is 5.96. The van der Waals surface area contributed by atoms with E-state index in [2.05, 4.69) is 65.3 Å². The third-order valence-electron chi connectivity index (χ3n) is 8.07. The molecule has 1 fully saturated rings. The summed E-state index contributed by atoms with van der Waals surface area (Å²) in [6.45, 7) is 7.24. The summed E-state index contributed by atoms with van der Waals surface area (Å²) in [5.41, 5.74) is 4.73. The molecule has 1 aliphatic rings. The van der Waals surface area contributed by atoms with Gasteiger partial charge in [-0.2, -0.15) is 0 Å². The Bertz CT molecular complexity index is 1480. The first-order valence-electron chi connectivity index (χ1n) is 14.9. The van der Waals surface area contributed by atoms with Gasteiger partial charge in [-0.1, -0.05) is 74.9 Å². The molecule has 0 bridgehead atoms. The van der Waals surface area contributed by atoms with Crippen LogP contribution in [0.25, 0.3) is 22.4 Å². The largest absolute Gasteiger partial charge is 0.497 e. The monoisotopic (exact) mass is 577 g/mol. The lowest BCUT2D eigenvalue weighted by molar-refractivity contribution is -0.132. The van der Waals surface area contributed by atoms with Crippen molar-refractivity contribution in [2.24, 2.45) is 5.92 Å². The number of piperazine rings is 1. The molecule has 1 aromatic heterocycles. The van der Waals surface area contributed by atoms with Crippen LogP contribution in [0.3, 0.4) is 0 Å². The van der Waals surface area contributed by atoms with Crippen molar-refractivity contribution in [1.29, 1.82) is 0 Å².